The van der Waals surface area contributed by atoms with E-state index < -0.39 is 0 Å². The number of benzene rings is 2. The zero-order valence-electron chi connectivity index (χ0n) is 14.6. The summed E-state index contributed by atoms with van der Waals surface area (Å²) < 4.78 is 7.16. The van der Waals surface area contributed by atoms with E-state index in [1.165, 1.54) is 43.4 Å². The van der Waals surface area contributed by atoms with E-state index >= 15 is 0 Å². The minimum Gasteiger partial charge on any atom is -0.431 e. The number of aromatic nitrogens is 2. The number of nitrogens with one attached hydrogen (secondary N) is 1. The molecule has 26 heavy (non-hydrogen) atoms. The van der Waals surface area contributed by atoms with Gasteiger partial charge in [0.25, 0.3) is 5.19 Å². The van der Waals surface area contributed by atoms with Gasteiger partial charge in [0.15, 0.2) is 0 Å². The normalized spacial score (nSPS) is 15.7. The van der Waals surface area contributed by atoms with E-state index in [0.29, 0.717) is 5.19 Å². The molecule has 0 spiro atoms. The monoisotopic (exact) mass is 363 g/mol. The van der Waals surface area contributed by atoms with Crippen molar-refractivity contribution < 1.29 is 4.74 Å². The topological polar surface area (TPSA) is 41.1 Å². The smallest absolute Gasteiger partial charge is 0.279 e. The first-order valence-corrected chi connectivity index (χ1v) is 10.0. The summed E-state index contributed by atoms with van der Waals surface area (Å²) in [6.45, 7) is 3.42. The molecule has 0 bridgehead atoms. The Kier molecular flexibility index (Phi) is 4.11. The molecule has 0 aliphatic carbocycles. The van der Waals surface area contributed by atoms with Crippen LogP contribution in [0.15, 0.2) is 48.5 Å². The molecule has 0 atom stereocenters. The van der Waals surface area contributed by atoms with Crippen LogP contribution in [-0.4, -0.2) is 28.0 Å². The molecule has 2 aromatic carbocycles. The van der Waals surface area contributed by atoms with E-state index in [-0.39, 0.29) is 0 Å². The molecule has 1 aliphatic heterocycles. The third kappa shape index (κ3) is 3.20. The summed E-state index contributed by atoms with van der Waals surface area (Å²) in [6, 6.07) is 16.6. The lowest BCUT2D eigenvalue weighted by atomic mass is 10.1. The standard InChI is InChI=1S/C21H21N3OS/c1-4-10-24(11-5-1)14-16-12-15-13-17(8-9-18(15)22-16)25-21-23-19-6-2-3-7-20(19)26-21/h2-3,6-9,12-13,22H,1,4-5,10-11,14H2. The second kappa shape index (κ2) is 6.74. The summed E-state index contributed by atoms with van der Waals surface area (Å²) in [5.74, 6) is 0.833. The number of hydrogen-bond donors (Lipinski definition) is 1. The largest absolute Gasteiger partial charge is 0.431 e. The highest BCUT2D eigenvalue weighted by Crippen LogP contribution is 2.32. The highest BCUT2D eigenvalue weighted by molar-refractivity contribution is 7.20. The van der Waals surface area contributed by atoms with Crippen molar-refractivity contribution >= 4 is 32.5 Å². The molecule has 1 fully saturated rings. The number of rotatable bonds is 4. The molecule has 132 valence electrons. The van der Waals surface area contributed by atoms with Crippen molar-refractivity contribution in [2.45, 2.75) is 25.8 Å². The molecular weight excluding hydrogens is 342 g/mol. The number of likely N-dealkylation sites (tertiary alicyclic amines) is 1. The second-order valence-corrected chi connectivity index (χ2v) is 7.92. The second-order valence-electron chi connectivity index (χ2n) is 6.93. The lowest BCUT2D eigenvalue weighted by molar-refractivity contribution is 0.219. The average Bonchev–Trinajstić information content (AvgIpc) is 3.24. The number of ether oxygens (including phenoxy) is 1. The minimum absolute atomic E-state index is 0.689. The van der Waals surface area contributed by atoms with Crippen molar-refractivity contribution in [3.8, 4) is 10.9 Å². The van der Waals surface area contributed by atoms with Gasteiger partial charge in [-0.3, -0.25) is 4.90 Å². The Bertz CT molecular complexity index is 1010. The summed E-state index contributed by atoms with van der Waals surface area (Å²) in [5, 5.41) is 1.88. The lowest BCUT2D eigenvalue weighted by Crippen LogP contribution is -2.29. The highest BCUT2D eigenvalue weighted by atomic mass is 32.1. The summed E-state index contributed by atoms with van der Waals surface area (Å²) in [7, 11) is 0. The maximum atomic E-state index is 6.01. The first-order valence-electron chi connectivity index (χ1n) is 9.21. The lowest BCUT2D eigenvalue weighted by Gasteiger charge is -2.25. The molecule has 5 heteroatoms. The van der Waals surface area contributed by atoms with Crippen molar-refractivity contribution in [1.82, 2.24) is 14.9 Å². The summed E-state index contributed by atoms with van der Waals surface area (Å²) in [4.78, 5) is 10.6. The predicted molar refractivity (Wildman–Crippen MR) is 107 cm³/mol. The van der Waals surface area contributed by atoms with Crippen molar-refractivity contribution in [3.05, 3.63) is 54.2 Å². The van der Waals surface area contributed by atoms with Gasteiger partial charge >= 0.3 is 0 Å². The van der Waals surface area contributed by atoms with Gasteiger partial charge in [0.2, 0.25) is 0 Å². The fourth-order valence-electron chi connectivity index (χ4n) is 3.67. The molecule has 1 saturated heterocycles. The van der Waals surface area contributed by atoms with Crippen LogP contribution in [0.3, 0.4) is 0 Å². The Labute approximate surface area is 156 Å². The number of para-hydroxylation sites is 1. The Morgan fingerprint density at radius 3 is 2.81 bits per heavy atom. The summed E-state index contributed by atoms with van der Waals surface area (Å²) >= 11 is 1.58. The zero-order chi connectivity index (χ0) is 17.3. The quantitative estimate of drug-likeness (QED) is 0.516. The average molecular weight is 363 g/mol. The molecule has 2 aromatic heterocycles. The molecule has 4 aromatic rings. The van der Waals surface area contributed by atoms with Gasteiger partial charge in [0, 0.05) is 23.1 Å². The molecule has 0 amide bonds. The van der Waals surface area contributed by atoms with Crippen LogP contribution in [0.25, 0.3) is 21.1 Å². The van der Waals surface area contributed by atoms with Gasteiger partial charge in [-0.15, -0.1) is 0 Å². The maximum Gasteiger partial charge on any atom is 0.279 e. The highest BCUT2D eigenvalue weighted by Gasteiger charge is 2.12. The van der Waals surface area contributed by atoms with E-state index in [0.717, 1.165) is 28.0 Å². The van der Waals surface area contributed by atoms with Crippen LogP contribution < -0.4 is 4.74 Å². The Balaban J connectivity index is 1.36. The number of thiazole rings is 1. The number of hydrogen-bond acceptors (Lipinski definition) is 4. The molecule has 4 nitrogen and oxygen atoms in total. The molecule has 1 aliphatic rings. The zero-order valence-corrected chi connectivity index (χ0v) is 15.4. The van der Waals surface area contributed by atoms with Crippen molar-refractivity contribution in [2.75, 3.05) is 13.1 Å². The van der Waals surface area contributed by atoms with Gasteiger partial charge in [0.05, 0.1) is 10.2 Å². The van der Waals surface area contributed by atoms with E-state index in [1.807, 2.05) is 24.3 Å². The van der Waals surface area contributed by atoms with Crippen LogP contribution in [0.4, 0.5) is 0 Å². The first kappa shape index (κ1) is 15.9. The van der Waals surface area contributed by atoms with Crippen LogP contribution in [-0.2, 0) is 6.54 Å². The van der Waals surface area contributed by atoms with Crippen LogP contribution >= 0.6 is 11.3 Å². The molecule has 0 radical (unpaired) electrons. The molecule has 0 unspecified atom stereocenters. The molecule has 5 rings (SSSR count). The number of aromatic amines is 1. The molecular formula is C21H21N3OS. The summed E-state index contributed by atoms with van der Waals surface area (Å²) in [5.41, 5.74) is 3.42. The van der Waals surface area contributed by atoms with Crippen LogP contribution in [0.5, 0.6) is 10.9 Å². The van der Waals surface area contributed by atoms with Crippen molar-refractivity contribution in [2.24, 2.45) is 0 Å². The van der Waals surface area contributed by atoms with E-state index in [9.17, 15) is 0 Å². The van der Waals surface area contributed by atoms with Crippen molar-refractivity contribution in [3.63, 3.8) is 0 Å². The van der Waals surface area contributed by atoms with Gasteiger partial charge in [-0.2, -0.15) is 0 Å². The first-order chi connectivity index (χ1) is 12.8. The Morgan fingerprint density at radius 2 is 1.92 bits per heavy atom. The Morgan fingerprint density at radius 1 is 1.04 bits per heavy atom. The summed E-state index contributed by atoms with van der Waals surface area (Å²) in [6.07, 6.45) is 4.01. The van der Waals surface area contributed by atoms with Crippen LogP contribution in [0.2, 0.25) is 0 Å². The predicted octanol–water partition coefficient (Wildman–Crippen LogP) is 5.56. The molecule has 1 N–H and O–H groups in total. The van der Waals surface area contributed by atoms with Crippen LogP contribution in [0, 0.1) is 0 Å². The number of fused-ring (bicyclic) bond motifs is 2. The minimum atomic E-state index is 0.689. The van der Waals surface area contributed by atoms with Gasteiger partial charge in [-0.1, -0.05) is 29.9 Å². The van der Waals surface area contributed by atoms with E-state index in [2.05, 4.69) is 39.1 Å². The van der Waals surface area contributed by atoms with E-state index in [4.69, 9.17) is 4.74 Å². The van der Waals surface area contributed by atoms with Gasteiger partial charge in [0.1, 0.15) is 5.75 Å². The van der Waals surface area contributed by atoms with Gasteiger partial charge < -0.3 is 9.72 Å². The molecule has 0 saturated carbocycles. The van der Waals surface area contributed by atoms with Crippen molar-refractivity contribution in [1.29, 1.82) is 0 Å². The third-order valence-electron chi connectivity index (χ3n) is 4.97. The SMILES string of the molecule is c1ccc2sc(Oc3ccc4[nH]c(CN5CCCCC5)cc4c3)nc2c1. The fourth-order valence-corrected chi connectivity index (χ4v) is 4.51. The van der Waals surface area contributed by atoms with E-state index in [1.54, 1.807) is 11.3 Å². The third-order valence-corrected chi connectivity index (χ3v) is 5.88. The maximum absolute atomic E-state index is 6.01. The van der Waals surface area contributed by atoms with Crippen LogP contribution in [0.1, 0.15) is 25.0 Å². The Hall–Kier alpha value is -2.37. The van der Waals surface area contributed by atoms with Gasteiger partial charge in [-0.05, 0) is 62.3 Å². The molecule has 3 heterocycles. The van der Waals surface area contributed by atoms with Gasteiger partial charge in [-0.25, -0.2) is 4.98 Å². The number of H-pyrrole nitrogens is 1. The number of piperidine rings is 1. The number of nitrogens with zero attached hydrogens (tertiary/aromatic N) is 2. The fraction of sp³-hybridized carbons (Fsp3) is 0.286.